The predicted molar refractivity (Wildman–Crippen MR) is 65.2 cm³/mol. The lowest BCUT2D eigenvalue weighted by Crippen LogP contribution is -2.16. The molecule has 90 valence electrons. The van der Waals surface area contributed by atoms with E-state index in [1.54, 1.807) is 18.3 Å². The average Bonchev–Trinajstić information content (AvgIpc) is 2.75. The Kier molecular flexibility index (Phi) is 2.60. The standard InChI is InChI=1S/C14H12FN3/c15-14-6-10(7-16)4-5-13(14)11-8-17-18(9-11)12-2-1-3-12/h4-6,8-9,12H,1-3H2. The van der Waals surface area contributed by atoms with Gasteiger partial charge in [0.25, 0.3) is 0 Å². The molecule has 1 aromatic carbocycles. The molecule has 0 unspecified atom stereocenters. The summed E-state index contributed by atoms with van der Waals surface area (Å²) in [5, 5.41) is 13.0. The molecule has 4 heteroatoms. The fourth-order valence-electron chi connectivity index (χ4n) is 2.15. The Morgan fingerprint density at radius 1 is 1.39 bits per heavy atom. The molecule has 1 aliphatic carbocycles. The molecule has 0 N–H and O–H groups in total. The van der Waals surface area contributed by atoms with Crippen molar-refractivity contribution in [3.05, 3.63) is 42.0 Å². The minimum absolute atomic E-state index is 0.336. The zero-order valence-electron chi connectivity index (χ0n) is 9.81. The van der Waals surface area contributed by atoms with Crippen LogP contribution in [0.4, 0.5) is 4.39 Å². The first-order valence-corrected chi connectivity index (χ1v) is 6.02. The lowest BCUT2D eigenvalue weighted by molar-refractivity contribution is 0.289. The maximum Gasteiger partial charge on any atom is 0.132 e. The summed E-state index contributed by atoms with van der Waals surface area (Å²) in [4.78, 5) is 0. The summed E-state index contributed by atoms with van der Waals surface area (Å²) in [6.07, 6.45) is 7.11. The van der Waals surface area contributed by atoms with Crippen LogP contribution >= 0.6 is 0 Å². The Morgan fingerprint density at radius 3 is 2.83 bits per heavy atom. The Morgan fingerprint density at radius 2 is 2.22 bits per heavy atom. The van der Waals surface area contributed by atoms with Crippen molar-refractivity contribution in [1.82, 2.24) is 9.78 Å². The molecule has 0 atom stereocenters. The molecule has 1 saturated carbocycles. The van der Waals surface area contributed by atoms with Gasteiger partial charge in [-0.25, -0.2) is 4.39 Å². The van der Waals surface area contributed by atoms with Crippen molar-refractivity contribution in [3.8, 4) is 17.2 Å². The Labute approximate surface area is 104 Å². The molecular formula is C14H12FN3. The summed E-state index contributed by atoms with van der Waals surface area (Å²) in [5.74, 6) is -0.373. The maximum atomic E-state index is 13.8. The summed E-state index contributed by atoms with van der Waals surface area (Å²) in [6.45, 7) is 0. The first-order chi connectivity index (χ1) is 8.78. The van der Waals surface area contributed by atoms with Gasteiger partial charge in [-0.3, -0.25) is 4.68 Å². The van der Waals surface area contributed by atoms with E-state index in [4.69, 9.17) is 5.26 Å². The highest BCUT2D eigenvalue weighted by molar-refractivity contribution is 5.63. The molecule has 3 nitrogen and oxygen atoms in total. The van der Waals surface area contributed by atoms with E-state index in [1.165, 1.54) is 12.5 Å². The second-order valence-corrected chi connectivity index (χ2v) is 4.60. The number of rotatable bonds is 2. The molecule has 2 aromatic rings. The van der Waals surface area contributed by atoms with Crippen molar-refractivity contribution < 1.29 is 4.39 Å². The van der Waals surface area contributed by atoms with Gasteiger partial charge in [0, 0.05) is 17.3 Å². The zero-order chi connectivity index (χ0) is 12.5. The van der Waals surface area contributed by atoms with E-state index in [0.717, 1.165) is 18.4 Å². The van der Waals surface area contributed by atoms with E-state index in [9.17, 15) is 4.39 Å². The van der Waals surface area contributed by atoms with Gasteiger partial charge in [-0.05, 0) is 31.4 Å². The van der Waals surface area contributed by atoms with Crippen LogP contribution in [0.2, 0.25) is 0 Å². The van der Waals surface area contributed by atoms with Crippen molar-refractivity contribution in [3.63, 3.8) is 0 Å². The van der Waals surface area contributed by atoms with Gasteiger partial charge in [0.15, 0.2) is 0 Å². The molecule has 0 radical (unpaired) electrons. The zero-order valence-corrected chi connectivity index (χ0v) is 9.81. The molecule has 1 heterocycles. The molecule has 0 saturated heterocycles. The fourth-order valence-corrected chi connectivity index (χ4v) is 2.15. The molecule has 3 rings (SSSR count). The van der Waals surface area contributed by atoms with Gasteiger partial charge in [0.2, 0.25) is 0 Å². The number of hydrogen-bond acceptors (Lipinski definition) is 2. The van der Waals surface area contributed by atoms with E-state index < -0.39 is 0 Å². The molecule has 1 aromatic heterocycles. The van der Waals surface area contributed by atoms with Crippen LogP contribution in [0.1, 0.15) is 30.9 Å². The smallest absolute Gasteiger partial charge is 0.132 e. The minimum Gasteiger partial charge on any atom is -0.269 e. The molecule has 0 aliphatic heterocycles. The van der Waals surface area contributed by atoms with Crippen LogP contribution in [0, 0.1) is 17.1 Å². The van der Waals surface area contributed by atoms with Crippen LogP contribution < -0.4 is 0 Å². The molecule has 1 fully saturated rings. The molecule has 0 amide bonds. The van der Waals surface area contributed by atoms with Crippen LogP contribution in [0.15, 0.2) is 30.6 Å². The van der Waals surface area contributed by atoms with Gasteiger partial charge in [-0.1, -0.05) is 6.07 Å². The van der Waals surface area contributed by atoms with E-state index in [2.05, 4.69) is 5.10 Å². The Balaban J connectivity index is 1.94. The second-order valence-electron chi connectivity index (χ2n) is 4.60. The third kappa shape index (κ3) is 1.78. The Hall–Kier alpha value is -2.15. The average molecular weight is 241 g/mol. The van der Waals surface area contributed by atoms with Gasteiger partial charge in [-0.2, -0.15) is 10.4 Å². The summed E-state index contributed by atoms with van der Waals surface area (Å²) in [6, 6.07) is 6.92. The first kappa shape index (κ1) is 11.0. The van der Waals surface area contributed by atoms with Crippen LogP contribution in [0.25, 0.3) is 11.1 Å². The van der Waals surface area contributed by atoms with E-state index in [1.807, 2.05) is 16.9 Å². The quantitative estimate of drug-likeness (QED) is 0.809. The second kappa shape index (κ2) is 4.26. The van der Waals surface area contributed by atoms with Crippen LogP contribution in [-0.4, -0.2) is 9.78 Å². The van der Waals surface area contributed by atoms with Crippen molar-refractivity contribution in [2.75, 3.05) is 0 Å². The van der Waals surface area contributed by atoms with Gasteiger partial charge in [-0.15, -0.1) is 0 Å². The van der Waals surface area contributed by atoms with E-state index in [-0.39, 0.29) is 5.82 Å². The molecule has 18 heavy (non-hydrogen) atoms. The van der Waals surface area contributed by atoms with Gasteiger partial charge in [0.05, 0.1) is 23.9 Å². The number of nitrogens with zero attached hydrogens (tertiary/aromatic N) is 3. The molecular weight excluding hydrogens is 229 g/mol. The predicted octanol–water partition coefficient (Wildman–Crippen LogP) is 3.29. The van der Waals surface area contributed by atoms with Crippen LogP contribution in [0.3, 0.4) is 0 Å². The van der Waals surface area contributed by atoms with Gasteiger partial charge >= 0.3 is 0 Å². The summed E-state index contributed by atoms with van der Waals surface area (Å²) < 4.78 is 15.8. The van der Waals surface area contributed by atoms with Crippen molar-refractivity contribution in [1.29, 1.82) is 5.26 Å². The Bertz CT molecular complexity index is 620. The van der Waals surface area contributed by atoms with Crippen LogP contribution in [-0.2, 0) is 0 Å². The minimum atomic E-state index is -0.373. The summed E-state index contributed by atoms with van der Waals surface area (Å²) >= 11 is 0. The lowest BCUT2D eigenvalue weighted by Gasteiger charge is -2.25. The summed E-state index contributed by atoms with van der Waals surface area (Å²) in [7, 11) is 0. The number of nitriles is 1. The van der Waals surface area contributed by atoms with Gasteiger partial charge in [0.1, 0.15) is 5.82 Å². The monoisotopic (exact) mass is 241 g/mol. The SMILES string of the molecule is N#Cc1ccc(-c2cnn(C3CCC3)c2)c(F)c1. The normalized spacial score (nSPS) is 15.1. The van der Waals surface area contributed by atoms with Crippen molar-refractivity contribution >= 4 is 0 Å². The first-order valence-electron chi connectivity index (χ1n) is 6.02. The highest BCUT2D eigenvalue weighted by Gasteiger charge is 2.20. The molecule has 0 spiro atoms. The lowest BCUT2D eigenvalue weighted by atomic mass is 9.93. The molecule has 0 bridgehead atoms. The number of benzene rings is 1. The third-order valence-corrected chi connectivity index (χ3v) is 3.46. The number of aromatic nitrogens is 2. The van der Waals surface area contributed by atoms with Crippen molar-refractivity contribution in [2.24, 2.45) is 0 Å². The van der Waals surface area contributed by atoms with Crippen LogP contribution in [0.5, 0.6) is 0 Å². The fraction of sp³-hybridized carbons (Fsp3) is 0.286. The topological polar surface area (TPSA) is 41.6 Å². The maximum absolute atomic E-state index is 13.8. The third-order valence-electron chi connectivity index (χ3n) is 3.46. The molecule has 1 aliphatic rings. The highest BCUT2D eigenvalue weighted by atomic mass is 19.1. The largest absolute Gasteiger partial charge is 0.269 e. The number of hydrogen-bond donors (Lipinski definition) is 0. The van der Waals surface area contributed by atoms with E-state index >= 15 is 0 Å². The number of halogens is 1. The van der Waals surface area contributed by atoms with E-state index in [0.29, 0.717) is 17.2 Å². The highest BCUT2D eigenvalue weighted by Crippen LogP contribution is 2.32. The van der Waals surface area contributed by atoms with Gasteiger partial charge < -0.3 is 0 Å². The van der Waals surface area contributed by atoms with Crippen molar-refractivity contribution in [2.45, 2.75) is 25.3 Å². The summed E-state index contributed by atoms with van der Waals surface area (Å²) in [5.41, 5.74) is 1.60.